The number of nitrogens with one attached hydrogen (secondary N) is 2. The highest BCUT2D eigenvalue weighted by Crippen LogP contribution is 2.25. The standard InChI is InChI=1S/C18H32N4O4S.HI/c1-8-19-17(20-13-18(2,3)21-27(7,23)24)22(4)12-14-9-10-15(25-5)11-16(14)26-6;/h9-11,21H,8,12-13H2,1-7H3,(H,19,20);1H. The molecule has 0 saturated carbocycles. The summed E-state index contributed by atoms with van der Waals surface area (Å²) in [4.78, 5) is 6.56. The number of halogens is 1. The average Bonchev–Trinajstić information content (AvgIpc) is 2.56. The van der Waals surface area contributed by atoms with Crippen molar-refractivity contribution in [1.82, 2.24) is 14.9 Å². The molecule has 2 N–H and O–H groups in total. The highest BCUT2D eigenvalue weighted by Gasteiger charge is 2.22. The van der Waals surface area contributed by atoms with Crippen LogP contribution in [-0.4, -0.2) is 65.4 Å². The lowest BCUT2D eigenvalue weighted by molar-refractivity contribution is 0.382. The van der Waals surface area contributed by atoms with Gasteiger partial charge >= 0.3 is 0 Å². The van der Waals surface area contributed by atoms with E-state index in [2.05, 4.69) is 15.0 Å². The Morgan fingerprint density at radius 1 is 1.25 bits per heavy atom. The average molecular weight is 528 g/mol. The van der Waals surface area contributed by atoms with Crippen LogP contribution in [0.5, 0.6) is 11.5 Å². The summed E-state index contributed by atoms with van der Waals surface area (Å²) in [6.07, 6.45) is 1.14. The highest BCUT2D eigenvalue weighted by atomic mass is 127. The van der Waals surface area contributed by atoms with E-state index in [4.69, 9.17) is 9.47 Å². The van der Waals surface area contributed by atoms with Gasteiger partial charge in [-0.3, -0.25) is 4.99 Å². The minimum atomic E-state index is -3.31. The minimum Gasteiger partial charge on any atom is -0.497 e. The van der Waals surface area contributed by atoms with Crippen LogP contribution in [0.1, 0.15) is 26.3 Å². The molecule has 1 aromatic rings. The first kappa shape index (κ1) is 26.7. The van der Waals surface area contributed by atoms with Gasteiger partial charge in [0.2, 0.25) is 10.0 Å². The second-order valence-electron chi connectivity index (χ2n) is 6.96. The van der Waals surface area contributed by atoms with Crippen LogP contribution in [0.15, 0.2) is 23.2 Å². The van der Waals surface area contributed by atoms with Crippen molar-refractivity contribution in [2.24, 2.45) is 4.99 Å². The normalized spacial score (nSPS) is 12.2. The van der Waals surface area contributed by atoms with Gasteiger partial charge in [-0.05, 0) is 32.9 Å². The van der Waals surface area contributed by atoms with Crippen LogP contribution < -0.4 is 19.5 Å². The van der Waals surface area contributed by atoms with E-state index in [9.17, 15) is 8.42 Å². The van der Waals surface area contributed by atoms with E-state index in [1.807, 2.05) is 37.1 Å². The first-order valence-corrected chi connectivity index (χ1v) is 10.6. The Labute approximate surface area is 186 Å². The summed E-state index contributed by atoms with van der Waals surface area (Å²) in [6.45, 7) is 7.15. The van der Waals surface area contributed by atoms with Gasteiger partial charge in [0.25, 0.3) is 0 Å². The van der Waals surface area contributed by atoms with Crippen LogP contribution in [0.2, 0.25) is 0 Å². The molecule has 0 saturated heterocycles. The number of rotatable bonds is 9. The van der Waals surface area contributed by atoms with Gasteiger partial charge in [0, 0.05) is 37.3 Å². The van der Waals surface area contributed by atoms with Gasteiger partial charge in [0.1, 0.15) is 11.5 Å². The SMILES string of the molecule is CCNC(=NCC(C)(C)NS(C)(=O)=O)N(C)Cc1ccc(OC)cc1OC.I. The summed E-state index contributed by atoms with van der Waals surface area (Å²) in [5, 5.41) is 3.23. The molecule has 28 heavy (non-hydrogen) atoms. The lowest BCUT2D eigenvalue weighted by Crippen LogP contribution is -2.46. The molecule has 0 radical (unpaired) electrons. The molecule has 0 heterocycles. The molecule has 162 valence electrons. The fourth-order valence-corrected chi connectivity index (χ4v) is 3.66. The van der Waals surface area contributed by atoms with Gasteiger partial charge in [-0.25, -0.2) is 13.1 Å². The largest absolute Gasteiger partial charge is 0.497 e. The van der Waals surface area contributed by atoms with Crippen molar-refractivity contribution in [1.29, 1.82) is 0 Å². The molecule has 0 amide bonds. The molecule has 0 atom stereocenters. The molecule has 0 aliphatic rings. The number of aliphatic imine (C=N–C) groups is 1. The Kier molecular flexibility index (Phi) is 11.1. The van der Waals surface area contributed by atoms with Crippen LogP contribution in [0.25, 0.3) is 0 Å². The third-order valence-electron chi connectivity index (χ3n) is 3.68. The third kappa shape index (κ3) is 9.28. The third-order valence-corrected chi connectivity index (χ3v) is 4.61. The van der Waals surface area contributed by atoms with Crippen molar-refractivity contribution in [3.63, 3.8) is 0 Å². The molecule has 0 fully saturated rings. The van der Waals surface area contributed by atoms with Crippen LogP contribution in [-0.2, 0) is 16.6 Å². The first-order chi connectivity index (χ1) is 12.5. The molecule has 0 spiro atoms. The first-order valence-electron chi connectivity index (χ1n) is 8.70. The van der Waals surface area contributed by atoms with E-state index >= 15 is 0 Å². The fourth-order valence-electron chi connectivity index (χ4n) is 2.59. The molecule has 1 rings (SSSR count). The van der Waals surface area contributed by atoms with Crippen molar-refractivity contribution in [3.05, 3.63) is 23.8 Å². The summed E-state index contributed by atoms with van der Waals surface area (Å²) in [5.41, 5.74) is 0.298. The molecule has 0 aliphatic carbocycles. The van der Waals surface area contributed by atoms with E-state index in [1.54, 1.807) is 28.1 Å². The Morgan fingerprint density at radius 3 is 2.39 bits per heavy atom. The van der Waals surface area contributed by atoms with E-state index < -0.39 is 15.6 Å². The Balaban J connectivity index is 0.00000729. The fraction of sp³-hybridized carbons (Fsp3) is 0.611. The van der Waals surface area contributed by atoms with Crippen LogP contribution in [0.4, 0.5) is 0 Å². The lowest BCUT2D eigenvalue weighted by atomic mass is 10.1. The van der Waals surface area contributed by atoms with Gasteiger partial charge in [-0.2, -0.15) is 0 Å². The number of hydrogen-bond acceptors (Lipinski definition) is 5. The molecule has 0 unspecified atom stereocenters. The maximum absolute atomic E-state index is 11.5. The van der Waals surface area contributed by atoms with Crippen LogP contribution in [0.3, 0.4) is 0 Å². The van der Waals surface area contributed by atoms with E-state index in [1.165, 1.54) is 0 Å². The number of nitrogens with zero attached hydrogens (tertiary/aromatic N) is 2. The van der Waals surface area contributed by atoms with E-state index in [-0.39, 0.29) is 24.0 Å². The predicted molar refractivity (Wildman–Crippen MR) is 124 cm³/mol. The van der Waals surface area contributed by atoms with E-state index in [0.717, 1.165) is 23.3 Å². The molecule has 10 heteroatoms. The maximum Gasteiger partial charge on any atom is 0.209 e. The lowest BCUT2D eigenvalue weighted by Gasteiger charge is -2.26. The molecular weight excluding hydrogens is 495 g/mol. The zero-order valence-corrected chi connectivity index (χ0v) is 20.8. The van der Waals surface area contributed by atoms with Crippen molar-refractivity contribution >= 4 is 40.0 Å². The van der Waals surface area contributed by atoms with E-state index in [0.29, 0.717) is 25.6 Å². The predicted octanol–water partition coefficient (Wildman–Crippen LogP) is 2.05. The smallest absolute Gasteiger partial charge is 0.209 e. The molecular formula is C18H33IN4O4S. The van der Waals surface area contributed by atoms with Gasteiger partial charge in [0.15, 0.2) is 5.96 Å². The van der Waals surface area contributed by atoms with Crippen LogP contribution >= 0.6 is 24.0 Å². The molecule has 1 aromatic carbocycles. The molecule has 0 aromatic heterocycles. The molecule has 0 aliphatic heterocycles. The summed E-state index contributed by atoms with van der Waals surface area (Å²) in [5.74, 6) is 2.14. The molecule has 8 nitrogen and oxygen atoms in total. The van der Waals surface area contributed by atoms with Crippen molar-refractivity contribution in [3.8, 4) is 11.5 Å². The van der Waals surface area contributed by atoms with Crippen molar-refractivity contribution < 1.29 is 17.9 Å². The van der Waals surface area contributed by atoms with Crippen LogP contribution in [0, 0.1) is 0 Å². The van der Waals surface area contributed by atoms with Crippen molar-refractivity contribution in [2.45, 2.75) is 32.9 Å². The van der Waals surface area contributed by atoms with Gasteiger partial charge in [-0.1, -0.05) is 0 Å². The summed E-state index contributed by atoms with van der Waals surface area (Å²) in [7, 11) is 1.85. The second kappa shape index (κ2) is 11.7. The summed E-state index contributed by atoms with van der Waals surface area (Å²) < 4.78 is 36.3. The summed E-state index contributed by atoms with van der Waals surface area (Å²) in [6, 6.07) is 5.67. The second-order valence-corrected chi connectivity index (χ2v) is 8.71. The minimum absolute atomic E-state index is 0. The monoisotopic (exact) mass is 528 g/mol. The zero-order chi connectivity index (χ0) is 20.7. The maximum atomic E-state index is 11.5. The number of ether oxygens (including phenoxy) is 2. The van der Waals surface area contributed by atoms with Gasteiger partial charge in [-0.15, -0.1) is 24.0 Å². The Hall–Kier alpha value is -1.27. The quantitative estimate of drug-likeness (QED) is 0.290. The zero-order valence-electron chi connectivity index (χ0n) is 17.7. The topological polar surface area (TPSA) is 92.3 Å². The Morgan fingerprint density at radius 2 is 1.89 bits per heavy atom. The summed E-state index contributed by atoms with van der Waals surface area (Å²) >= 11 is 0. The van der Waals surface area contributed by atoms with Gasteiger partial charge < -0.3 is 19.7 Å². The molecule has 0 bridgehead atoms. The van der Waals surface area contributed by atoms with Gasteiger partial charge in [0.05, 0.1) is 27.0 Å². The number of methoxy groups -OCH3 is 2. The highest BCUT2D eigenvalue weighted by molar-refractivity contribution is 14.0. The number of benzene rings is 1. The number of sulfonamides is 1. The number of guanidine groups is 1. The van der Waals surface area contributed by atoms with Crippen molar-refractivity contribution in [2.75, 3.05) is 40.6 Å². The Bertz CT molecular complexity index is 754. The number of hydrogen-bond donors (Lipinski definition) is 2.